The van der Waals surface area contributed by atoms with E-state index in [1.807, 2.05) is 0 Å². The third-order valence-corrected chi connectivity index (χ3v) is 1.73. The van der Waals surface area contributed by atoms with E-state index in [9.17, 15) is 0 Å². The summed E-state index contributed by atoms with van der Waals surface area (Å²) in [6.45, 7) is 11.7. The Hall–Kier alpha value is -0.340. The molecule has 0 atom stereocenters. The van der Waals surface area contributed by atoms with Crippen molar-refractivity contribution < 1.29 is 10.1 Å². The molecule has 1 N–H and O–H groups in total. The molecule has 0 aromatic rings. The SMILES string of the molecule is C=C(CC(C)C)C(C)(C)OO. The summed E-state index contributed by atoms with van der Waals surface area (Å²) in [6, 6.07) is 0. The van der Waals surface area contributed by atoms with Gasteiger partial charge in [0.15, 0.2) is 0 Å². The van der Waals surface area contributed by atoms with Crippen LogP contribution in [0.1, 0.15) is 34.1 Å². The van der Waals surface area contributed by atoms with Crippen molar-refractivity contribution in [1.29, 1.82) is 0 Å². The van der Waals surface area contributed by atoms with Crippen LogP contribution in [0.2, 0.25) is 0 Å². The van der Waals surface area contributed by atoms with Crippen LogP contribution >= 0.6 is 0 Å². The van der Waals surface area contributed by atoms with Crippen LogP contribution in [0.4, 0.5) is 0 Å². The molecule has 2 nitrogen and oxygen atoms in total. The van der Waals surface area contributed by atoms with Crippen molar-refractivity contribution in [1.82, 2.24) is 0 Å². The first-order chi connectivity index (χ1) is 4.90. The molecule has 0 spiro atoms. The zero-order valence-electron chi connectivity index (χ0n) is 7.85. The molecule has 66 valence electrons. The van der Waals surface area contributed by atoms with Gasteiger partial charge in [-0.15, -0.1) is 0 Å². The van der Waals surface area contributed by atoms with Crippen molar-refractivity contribution in [3.05, 3.63) is 12.2 Å². The maximum atomic E-state index is 8.52. The van der Waals surface area contributed by atoms with Gasteiger partial charge >= 0.3 is 0 Å². The fourth-order valence-electron chi connectivity index (χ4n) is 0.803. The summed E-state index contributed by atoms with van der Waals surface area (Å²) in [5.74, 6) is 0.553. The molecule has 0 unspecified atom stereocenters. The first-order valence-corrected chi connectivity index (χ1v) is 3.91. The third kappa shape index (κ3) is 3.54. The molecule has 0 heterocycles. The molecule has 2 heteroatoms. The summed E-state index contributed by atoms with van der Waals surface area (Å²) in [7, 11) is 0. The van der Waals surface area contributed by atoms with E-state index in [4.69, 9.17) is 5.26 Å². The van der Waals surface area contributed by atoms with Gasteiger partial charge < -0.3 is 0 Å². The van der Waals surface area contributed by atoms with E-state index in [2.05, 4.69) is 25.3 Å². The highest BCUT2D eigenvalue weighted by Crippen LogP contribution is 2.23. The number of hydrogen-bond acceptors (Lipinski definition) is 2. The maximum absolute atomic E-state index is 8.52. The van der Waals surface area contributed by atoms with E-state index in [0.717, 1.165) is 12.0 Å². The molecule has 0 fully saturated rings. The highest BCUT2D eigenvalue weighted by molar-refractivity contribution is 5.09. The lowest BCUT2D eigenvalue weighted by atomic mass is 9.92. The second-order valence-electron chi connectivity index (χ2n) is 3.80. The fraction of sp³-hybridized carbons (Fsp3) is 0.778. The van der Waals surface area contributed by atoms with Gasteiger partial charge in [-0.3, -0.25) is 5.26 Å². The van der Waals surface area contributed by atoms with E-state index in [-0.39, 0.29) is 0 Å². The number of rotatable bonds is 4. The van der Waals surface area contributed by atoms with Gasteiger partial charge in [0, 0.05) is 0 Å². The Morgan fingerprint density at radius 2 is 2.00 bits per heavy atom. The van der Waals surface area contributed by atoms with Gasteiger partial charge in [0.2, 0.25) is 0 Å². The van der Waals surface area contributed by atoms with Crippen LogP contribution in [0.5, 0.6) is 0 Å². The van der Waals surface area contributed by atoms with Gasteiger partial charge in [0.05, 0.1) is 0 Å². The number of hydrogen-bond donors (Lipinski definition) is 1. The first-order valence-electron chi connectivity index (χ1n) is 3.91. The lowest BCUT2D eigenvalue weighted by Crippen LogP contribution is -2.25. The van der Waals surface area contributed by atoms with E-state index < -0.39 is 5.60 Å². The van der Waals surface area contributed by atoms with Crippen LogP contribution < -0.4 is 0 Å². The summed E-state index contributed by atoms with van der Waals surface area (Å²) in [4.78, 5) is 4.30. The lowest BCUT2D eigenvalue weighted by Gasteiger charge is -2.24. The van der Waals surface area contributed by atoms with Gasteiger partial charge in [-0.25, -0.2) is 4.89 Å². The summed E-state index contributed by atoms with van der Waals surface area (Å²) in [5.41, 5.74) is 0.319. The van der Waals surface area contributed by atoms with Crippen LogP contribution in [0, 0.1) is 5.92 Å². The van der Waals surface area contributed by atoms with Crippen molar-refractivity contribution >= 4 is 0 Å². The smallest absolute Gasteiger partial charge is 0.118 e. The molecule has 0 aliphatic heterocycles. The molecule has 0 saturated heterocycles. The molecule has 0 aliphatic rings. The monoisotopic (exact) mass is 158 g/mol. The zero-order valence-corrected chi connectivity index (χ0v) is 7.85. The second-order valence-corrected chi connectivity index (χ2v) is 3.80. The van der Waals surface area contributed by atoms with Crippen molar-refractivity contribution in [3.63, 3.8) is 0 Å². The summed E-state index contributed by atoms with van der Waals surface area (Å²) >= 11 is 0. The molecule has 0 aliphatic carbocycles. The van der Waals surface area contributed by atoms with E-state index in [1.165, 1.54) is 0 Å². The third-order valence-electron chi connectivity index (χ3n) is 1.73. The topological polar surface area (TPSA) is 29.5 Å². The summed E-state index contributed by atoms with van der Waals surface area (Å²) in [5, 5.41) is 8.52. The molecule has 0 aromatic carbocycles. The van der Waals surface area contributed by atoms with E-state index >= 15 is 0 Å². The average Bonchev–Trinajstić information content (AvgIpc) is 1.86. The van der Waals surface area contributed by atoms with Gasteiger partial charge in [-0.2, -0.15) is 0 Å². The van der Waals surface area contributed by atoms with Crippen LogP contribution in [-0.2, 0) is 4.89 Å². The highest BCUT2D eigenvalue weighted by Gasteiger charge is 2.22. The Labute approximate surface area is 68.8 Å². The lowest BCUT2D eigenvalue weighted by molar-refractivity contribution is -0.301. The molecule has 0 saturated carbocycles. The Morgan fingerprint density at radius 3 is 2.27 bits per heavy atom. The molecule has 0 rings (SSSR count). The van der Waals surface area contributed by atoms with Gasteiger partial charge in [-0.1, -0.05) is 20.4 Å². The molecule has 11 heavy (non-hydrogen) atoms. The molecule has 0 aromatic heterocycles. The van der Waals surface area contributed by atoms with Crippen LogP contribution in [0.3, 0.4) is 0 Å². The normalized spacial score (nSPS) is 12.2. The van der Waals surface area contributed by atoms with Gasteiger partial charge in [0.25, 0.3) is 0 Å². The van der Waals surface area contributed by atoms with Gasteiger partial charge in [0.1, 0.15) is 5.60 Å². The molecule has 0 amide bonds. The highest BCUT2D eigenvalue weighted by atomic mass is 17.1. The Bertz CT molecular complexity index is 136. The summed E-state index contributed by atoms with van der Waals surface area (Å²) in [6.07, 6.45) is 0.883. The Balaban J connectivity index is 4.02. The molecule has 0 bridgehead atoms. The van der Waals surface area contributed by atoms with E-state index in [1.54, 1.807) is 13.8 Å². The van der Waals surface area contributed by atoms with Gasteiger partial charge in [-0.05, 0) is 31.8 Å². The van der Waals surface area contributed by atoms with Crippen molar-refractivity contribution in [2.24, 2.45) is 5.92 Å². The minimum absolute atomic E-state index is 0.553. The molecular formula is C9H18O2. The standard InChI is InChI=1S/C9H18O2/c1-7(2)6-8(3)9(4,5)11-10/h7,10H,3,6H2,1-2,4-5H3. The average molecular weight is 158 g/mol. The maximum Gasteiger partial charge on any atom is 0.118 e. The van der Waals surface area contributed by atoms with Crippen molar-refractivity contribution in [2.75, 3.05) is 0 Å². The second kappa shape index (κ2) is 3.88. The fourth-order valence-corrected chi connectivity index (χ4v) is 0.803. The molecular weight excluding hydrogens is 140 g/mol. The quantitative estimate of drug-likeness (QED) is 0.387. The predicted molar refractivity (Wildman–Crippen MR) is 46.4 cm³/mol. The Kier molecular flexibility index (Phi) is 3.76. The minimum Gasteiger partial charge on any atom is -0.251 e. The van der Waals surface area contributed by atoms with Crippen LogP contribution in [-0.4, -0.2) is 10.9 Å². The van der Waals surface area contributed by atoms with Crippen LogP contribution in [0.25, 0.3) is 0 Å². The van der Waals surface area contributed by atoms with Crippen LogP contribution in [0.15, 0.2) is 12.2 Å². The van der Waals surface area contributed by atoms with Crippen molar-refractivity contribution in [3.8, 4) is 0 Å². The van der Waals surface area contributed by atoms with Crippen molar-refractivity contribution in [2.45, 2.75) is 39.7 Å². The first kappa shape index (κ1) is 10.7. The molecule has 0 radical (unpaired) electrons. The minimum atomic E-state index is -0.607. The Morgan fingerprint density at radius 1 is 1.55 bits per heavy atom. The van der Waals surface area contributed by atoms with E-state index in [0.29, 0.717) is 5.92 Å². The summed E-state index contributed by atoms with van der Waals surface area (Å²) < 4.78 is 0. The zero-order chi connectivity index (χ0) is 9.07. The predicted octanol–water partition coefficient (Wildman–Crippen LogP) is 2.86. The largest absolute Gasteiger partial charge is 0.251 e.